The molecule has 0 aliphatic rings. The van der Waals surface area contributed by atoms with Crippen LogP contribution in [0.5, 0.6) is 0 Å². The van der Waals surface area contributed by atoms with Crippen molar-refractivity contribution in [2.75, 3.05) is 17.2 Å². The Balaban J connectivity index is 2.00. The molecular formula is C17H16Cl2N4. The molecule has 3 aromatic rings. The van der Waals surface area contributed by atoms with Crippen LogP contribution >= 0.6 is 23.2 Å². The summed E-state index contributed by atoms with van der Waals surface area (Å²) in [6, 6.07) is 13.2. The summed E-state index contributed by atoms with van der Waals surface area (Å²) in [6.45, 7) is 2.97. The van der Waals surface area contributed by atoms with E-state index in [1.807, 2.05) is 24.3 Å². The smallest absolute Gasteiger partial charge is 0.229 e. The molecule has 0 bridgehead atoms. The second kappa shape index (κ2) is 7.02. The molecule has 3 rings (SSSR count). The fraction of sp³-hybridized carbons (Fsp3) is 0.176. The van der Waals surface area contributed by atoms with Crippen molar-refractivity contribution in [1.82, 2.24) is 9.97 Å². The highest BCUT2D eigenvalue weighted by atomic mass is 35.5. The Bertz CT molecular complexity index is 816. The minimum absolute atomic E-state index is 0.501. The van der Waals surface area contributed by atoms with Gasteiger partial charge in [-0.3, -0.25) is 0 Å². The molecule has 2 N–H and O–H groups in total. The van der Waals surface area contributed by atoms with Gasteiger partial charge in [-0.05, 0) is 36.8 Å². The van der Waals surface area contributed by atoms with Crippen LogP contribution in [0, 0.1) is 0 Å². The molecule has 0 spiro atoms. The number of anilines is 3. The van der Waals surface area contributed by atoms with Crippen LogP contribution in [-0.4, -0.2) is 16.5 Å². The molecule has 0 amide bonds. The molecule has 1 aromatic heterocycles. The Labute approximate surface area is 144 Å². The third kappa shape index (κ3) is 3.84. The highest BCUT2D eigenvalue weighted by molar-refractivity contribution is 6.35. The summed E-state index contributed by atoms with van der Waals surface area (Å²) in [5.41, 5.74) is 1.62. The minimum atomic E-state index is 0.501. The Kier molecular flexibility index (Phi) is 4.84. The first kappa shape index (κ1) is 15.8. The number of benzene rings is 2. The fourth-order valence-corrected chi connectivity index (χ4v) is 2.79. The van der Waals surface area contributed by atoms with E-state index in [-0.39, 0.29) is 0 Å². The van der Waals surface area contributed by atoms with Gasteiger partial charge in [0.25, 0.3) is 0 Å². The van der Waals surface area contributed by atoms with E-state index in [0.717, 1.165) is 35.4 Å². The quantitative estimate of drug-likeness (QED) is 0.640. The molecule has 0 atom stereocenters. The van der Waals surface area contributed by atoms with Crippen LogP contribution in [0.25, 0.3) is 10.9 Å². The van der Waals surface area contributed by atoms with Crippen molar-refractivity contribution in [1.29, 1.82) is 0 Å². The summed E-state index contributed by atoms with van der Waals surface area (Å²) >= 11 is 12.1. The second-order valence-corrected chi connectivity index (χ2v) is 6.00. The number of halogens is 2. The van der Waals surface area contributed by atoms with E-state index in [4.69, 9.17) is 23.2 Å². The van der Waals surface area contributed by atoms with Gasteiger partial charge in [-0.2, -0.15) is 4.98 Å². The van der Waals surface area contributed by atoms with Gasteiger partial charge in [0.05, 0.1) is 5.52 Å². The molecule has 6 heteroatoms. The predicted molar refractivity (Wildman–Crippen MR) is 98.1 cm³/mol. The van der Waals surface area contributed by atoms with E-state index < -0.39 is 0 Å². The number of rotatable bonds is 5. The molecule has 0 unspecified atom stereocenters. The largest absolute Gasteiger partial charge is 0.369 e. The second-order valence-electron chi connectivity index (χ2n) is 5.12. The third-order valence-corrected chi connectivity index (χ3v) is 3.70. The lowest BCUT2D eigenvalue weighted by molar-refractivity contribution is 0.970. The number of nitrogens with zero attached hydrogens (tertiary/aromatic N) is 2. The van der Waals surface area contributed by atoms with Gasteiger partial charge >= 0.3 is 0 Å². The van der Waals surface area contributed by atoms with Gasteiger partial charge in [0.1, 0.15) is 5.82 Å². The molecule has 0 radical (unpaired) electrons. The molecule has 1 heterocycles. The zero-order valence-electron chi connectivity index (χ0n) is 12.6. The molecule has 0 aliphatic carbocycles. The molecule has 2 aromatic carbocycles. The molecule has 0 saturated carbocycles. The lowest BCUT2D eigenvalue weighted by Crippen LogP contribution is -2.06. The van der Waals surface area contributed by atoms with Crippen LogP contribution in [0.4, 0.5) is 17.5 Å². The monoisotopic (exact) mass is 346 g/mol. The van der Waals surface area contributed by atoms with Crippen LogP contribution in [0.15, 0.2) is 42.5 Å². The van der Waals surface area contributed by atoms with Crippen LogP contribution in [0.2, 0.25) is 10.0 Å². The molecular weight excluding hydrogens is 331 g/mol. The fourth-order valence-electron chi connectivity index (χ4n) is 2.27. The number of nitrogens with one attached hydrogen (secondary N) is 2. The van der Waals surface area contributed by atoms with Crippen molar-refractivity contribution in [3.63, 3.8) is 0 Å². The first-order chi connectivity index (χ1) is 11.2. The van der Waals surface area contributed by atoms with E-state index >= 15 is 0 Å². The number of aromatic nitrogens is 2. The topological polar surface area (TPSA) is 49.8 Å². The van der Waals surface area contributed by atoms with Crippen LogP contribution in [-0.2, 0) is 0 Å². The molecule has 0 saturated heterocycles. The Morgan fingerprint density at radius 2 is 1.74 bits per heavy atom. The van der Waals surface area contributed by atoms with E-state index in [9.17, 15) is 0 Å². The van der Waals surface area contributed by atoms with Crippen molar-refractivity contribution in [2.24, 2.45) is 0 Å². The lowest BCUT2D eigenvalue weighted by atomic mass is 10.2. The van der Waals surface area contributed by atoms with Gasteiger partial charge in [-0.1, -0.05) is 42.3 Å². The maximum Gasteiger partial charge on any atom is 0.229 e. The highest BCUT2D eigenvalue weighted by Crippen LogP contribution is 2.26. The van der Waals surface area contributed by atoms with E-state index in [1.165, 1.54) is 0 Å². The summed E-state index contributed by atoms with van der Waals surface area (Å²) in [6.07, 6.45) is 1.02. The summed E-state index contributed by atoms with van der Waals surface area (Å²) in [5, 5.41) is 8.62. The van der Waals surface area contributed by atoms with Gasteiger partial charge in [-0.25, -0.2) is 4.98 Å². The first-order valence-electron chi connectivity index (χ1n) is 7.39. The van der Waals surface area contributed by atoms with Gasteiger partial charge in [-0.15, -0.1) is 0 Å². The van der Waals surface area contributed by atoms with E-state index in [1.54, 1.807) is 18.2 Å². The molecule has 0 aliphatic heterocycles. The van der Waals surface area contributed by atoms with Crippen molar-refractivity contribution in [3.8, 4) is 0 Å². The number of para-hydroxylation sites is 1. The Hall–Kier alpha value is -2.04. The SMILES string of the molecule is CCCNc1nc(Nc2cc(Cl)cc(Cl)c2)nc2ccccc12. The van der Waals surface area contributed by atoms with Crippen LogP contribution < -0.4 is 10.6 Å². The van der Waals surface area contributed by atoms with Gasteiger partial charge in [0, 0.05) is 27.7 Å². The maximum absolute atomic E-state index is 6.03. The zero-order valence-corrected chi connectivity index (χ0v) is 14.1. The number of hydrogen-bond donors (Lipinski definition) is 2. The molecule has 23 heavy (non-hydrogen) atoms. The molecule has 4 nitrogen and oxygen atoms in total. The maximum atomic E-state index is 6.03. The van der Waals surface area contributed by atoms with Gasteiger partial charge in [0.15, 0.2) is 0 Å². The lowest BCUT2D eigenvalue weighted by Gasteiger charge is -2.11. The Morgan fingerprint density at radius 3 is 2.48 bits per heavy atom. The highest BCUT2D eigenvalue weighted by Gasteiger charge is 2.08. The van der Waals surface area contributed by atoms with Gasteiger partial charge in [0.2, 0.25) is 5.95 Å². The summed E-state index contributed by atoms with van der Waals surface area (Å²) in [7, 11) is 0. The summed E-state index contributed by atoms with van der Waals surface area (Å²) in [4.78, 5) is 9.12. The predicted octanol–water partition coefficient (Wildman–Crippen LogP) is 5.50. The summed E-state index contributed by atoms with van der Waals surface area (Å²) in [5.74, 6) is 1.31. The van der Waals surface area contributed by atoms with E-state index in [0.29, 0.717) is 16.0 Å². The van der Waals surface area contributed by atoms with Crippen molar-refractivity contribution >= 4 is 51.6 Å². The number of hydrogen-bond acceptors (Lipinski definition) is 4. The minimum Gasteiger partial charge on any atom is -0.369 e. The summed E-state index contributed by atoms with van der Waals surface area (Å²) < 4.78 is 0. The standard InChI is InChI=1S/C17H16Cl2N4/c1-2-7-20-16-14-5-3-4-6-15(14)22-17(23-16)21-13-9-11(18)8-12(19)10-13/h3-6,8-10H,2,7H2,1H3,(H2,20,21,22,23). The molecule has 118 valence electrons. The number of fused-ring (bicyclic) bond motifs is 1. The Morgan fingerprint density at radius 1 is 1.00 bits per heavy atom. The molecule has 0 fully saturated rings. The van der Waals surface area contributed by atoms with Crippen molar-refractivity contribution in [3.05, 3.63) is 52.5 Å². The average Bonchev–Trinajstić information content (AvgIpc) is 2.51. The average molecular weight is 347 g/mol. The van der Waals surface area contributed by atoms with Gasteiger partial charge < -0.3 is 10.6 Å². The van der Waals surface area contributed by atoms with Crippen LogP contribution in [0.1, 0.15) is 13.3 Å². The van der Waals surface area contributed by atoms with Crippen molar-refractivity contribution in [2.45, 2.75) is 13.3 Å². The first-order valence-corrected chi connectivity index (χ1v) is 8.15. The zero-order chi connectivity index (χ0) is 16.2. The van der Waals surface area contributed by atoms with E-state index in [2.05, 4.69) is 27.5 Å². The normalized spacial score (nSPS) is 10.7. The third-order valence-electron chi connectivity index (χ3n) is 3.26. The van der Waals surface area contributed by atoms with Crippen LogP contribution in [0.3, 0.4) is 0 Å². The van der Waals surface area contributed by atoms with Crippen molar-refractivity contribution < 1.29 is 0 Å².